The minimum absolute atomic E-state index is 0.0989. The van der Waals surface area contributed by atoms with Crippen LogP contribution in [0.3, 0.4) is 0 Å². The van der Waals surface area contributed by atoms with Crippen molar-refractivity contribution in [3.63, 3.8) is 0 Å². The van der Waals surface area contributed by atoms with Gasteiger partial charge < -0.3 is 5.32 Å². The first-order valence-corrected chi connectivity index (χ1v) is 3.84. The molecule has 0 saturated heterocycles. The lowest BCUT2D eigenvalue weighted by molar-refractivity contribution is 0.163. The Balaban J connectivity index is 2.78. The van der Waals surface area contributed by atoms with Gasteiger partial charge in [0.25, 0.3) is 6.43 Å². The number of halogens is 3. The van der Waals surface area contributed by atoms with Crippen molar-refractivity contribution >= 4 is 5.69 Å². The number of alkyl halides is 2. The Labute approximate surface area is 79.0 Å². The molecule has 0 heterocycles. The Hall–Kier alpha value is -1.70. The molecule has 0 saturated carbocycles. The van der Waals surface area contributed by atoms with Crippen LogP contribution in [0.25, 0.3) is 0 Å². The first-order valence-electron chi connectivity index (χ1n) is 3.84. The van der Waals surface area contributed by atoms with E-state index in [0.29, 0.717) is 0 Å². The van der Waals surface area contributed by atoms with E-state index in [2.05, 4.69) is 5.32 Å². The lowest BCUT2D eigenvalue weighted by atomic mass is 10.2. The smallest absolute Gasteiger partial charge is 0.255 e. The summed E-state index contributed by atoms with van der Waals surface area (Å²) in [6.45, 7) is -0.561. The van der Waals surface area contributed by atoms with Crippen LogP contribution in [0.1, 0.15) is 5.56 Å². The lowest BCUT2D eigenvalue weighted by Gasteiger charge is -2.05. The highest BCUT2D eigenvalue weighted by atomic mass is 19.3. The molecule has 1 N–H and O–H groups in total. The predicted octanol–water partition coefficient (Wildman–Crippen LogP) is 2.37. The van der Waals surface area contributed by atoms with Crippen LogP contribution in [0, 0.1) is 17.1 Å². The monoisotopic (exact) mass is 200 g/mol. The first-order chi connectivity index (χ1) is 6.61. The fraction of sp³-hybridized carbons (Fsp3) is 0.222. The highest BCUT2D eigenvalue weighted by Gasteiger charge is 2.04. The molecule has 2 nitrogen and oxygen atoms in total. The molecule has 1 aromatic carbocycles. The van der Waals surface area contributed by atoms with Gasteiger partial charge in [-0.15, -0.1) is 0 Å². The number of nitrogens with one attached hydrogen (secondary N) is 1. The van der Waals surface area contributed by atoms with E-state index < -0.39 is 18.8 Å². The quantitative estimate of drug-likeness (QED) is 0.813. The molecule has 1 aromatic rings. The molecular weight excluding hydrogens is 193 g/mol. The van der Waals surface area contributed by atoms with Gasteiger partial charge in [-0.2, -0.15) is 5.26 Å². The van der Waals surface area contributed by atoms with Crippen LogP contribution < -0.4 is 5.32 Å². The van der Waals surface area contributed by atoms with Crippen molar-refractivity contribution in [2.45, 2.75) is 6.43 Å². The molecule has 5 heteroatoms. The minimum atomic E-state index is -2.51. The molecule has 0 unspecified atom stereocenters. The second-order valence-corrected chi connectivity index (χ2v) is 2.61. The summed E-state index contributed by atoms with van der Waals surface area (Å²) < 4.78 is 36.3. The third-order valence-corrected chi connectivity index (χ3v) is 1.49. The molecule has 1 rings (SSSR count). The predicted molar refractivity (Wildman–Crippen MR) is 45.6 cm³/mol. The van der Waals surface area contributed by atoms with E-state index in [-0.39, 0.29) is 11.3 Å². The Morgan fingerprint density at radius 3 is 2.64 bits per heavy atom. The van der Waals surface area contributed by atoms with Gasteiger partial charge in [0.2, 0.25) is 0 Å². The summed E-state index contributed by atoms with van der Waals surface area (Å²) in [7, 11) is 0. The molecule has 0 aliphatic rings. The maximum absolute atomic E-state index is 12.8. The Morgan fingerprint density at radius 1 is 1.36 bits per heavy atom. The van der Waals surface area contributed by atoms with Crippen LogP contribution in [-0.2, 0) is 0 Å². The minimum Gasteiger partial charge on any atom is -0.379 e. The van der Waals surface area contributed by atoms with Gasteiger partial charge >= 0.3 is 0 Å². The molecule has 0 radical (unpaired) electrons. The molecule has 0 aromatic heterocycles. The van der Waals surface area contributed by atoms with Crippen LogP contribution in [0.15, 0.2) is 18.2 Å². The molecule has 0 fully saturated rings. The summed E-state index contributed by atoms with van der Waals surface area (Å²) in [5, 5.41) is 10.8. The van der Waals surface area contributed by atoms with Crippen LogP contribution in [0.4, 0.5) is 18.9 Å². The van der Waals surface area contributed by atoms with Crippen LogP contribution in [0.5, 0.6) is 0 Å². The van der Waals surface area contributed by atoms with Gasteiger partial charge in [-0.3, -0.25) is 0 Å². The topological polar surface area (TPSA) is 35.8 Å². The van der Waals surface area contributed by atoms with E-state index in [1.807, 2.05) is 0 Å². The number of rotatable bonds is 3. The maximum atomic E-state index is 12.8. The number of anilines is 1. The van der Waals surface area contributed by atoms with E-state index in [0.717, 1.165) is 12.1 Å². The first kappa shape index (κ1) is 10.4. The zero-order valence-corrected chi connectivity index (χ0v) is 7.10. The van der Waals surface area contributed by atoms with Crippen molar-refractivity contribution in [2.24, 2.45) is 0 Å². The normalized spacial score (nSPS) is 9.93. The second-order valence-electron chi connectivity index (χ2n) is 2.61. The van der Waals surface area contributed by atoms with Crippen molar-refractivity contribution in [3.05, 3.63) is 29.6 Å². The van der Waals surface area contributed by atoms with E-state index in [1.165, 1.54) is 6.07 Å². The lowest BCUT2D eigenvalue weighted by Crippen LogP contribution is -2.10. The average molecular weight is 200 g/mol. The van der Waals surface area contributed by atoms with E-state index in [9.17, 15) is 13.2 Å². The van der Waals surface area contributed by atoms with Crippen molar-refractivity contribution in [1.82, 2.24) is 0 Å². The van der Waals surface area contributed by atoms with Crippen molar-refractivity contribution in [1.29, 1.82) is 5.26 Å². The number of hydrogen-bond donors (Lipinski definition) is 1. The molecule has 74 valence electrons. The average Bonchev–Trinajstić information content (AvgIpc) is 2.14. The molecular formula is C9H7F3N2. The van der Waals surface area contributed by atoms with Gasteiger partial charge in [-0.1, -0.05) is 0 Å². The molecule has 14 heavy (non-hydrogen) atoms. The maximum Gasteiger partial charge on any atom is 0.255 e. The van der Waals surface area contributed by atoms with Crippen LogP contribution in [0.2, 0.25) is 0 Å². The van der Waals surface area contributed by atoms with Gasteiger partial charge in [0, 0.05) is 5.69 Å². The number of hydrogen-bond acceptors (Lipinski definition) is 2. The van der Waals surface area contributed by atoms with Crippen molar-refractivity contribution in [2.75, 3.05) is 11.9 Å². The fourth-order valence-corrected chi connectivity index (χ4v) is 0.951. The highest BCUT2D eigenvalue weighted by molar-refractivity contribution is 5.49. The third-order valence-electron chi connectivity index (χ3n) is 1.49. The molecule has 0 amide bonds. The van der Waals surface area contributed by atoms with Crippen molar-refractivity contribution in [3.8, 4) is 6.07 Å². The molecule has 0 aliphatic carbocycles. The van der Waals surface area contributed by atoms with Gasteiger partial charge in [-0.25, -0.2) is 13.2 Å². The van der Waals surface area contributed by atoms with Gasteiger partial charge in [0.05, 0.1) is 18.2 Å². The molecule has 0 aliphatic heterocycles. The van der Waals surface area contributed by atoms with E-state index in [4.69, 9.17) is 5.26 Å². The van der Waals surface area contributed by atoms with Crippen LogP contribution >= 0.6 is 0 Å². The summed E-state index contributed by atoms with van der Waals surface area (Å²) >= 11 is 0. The second kappa shape index (κ2) is 4.51. The molecule has 0 spiro atoms. The third kappa shape index (κ3) is 2.98. The number of nitrogens with zero attached hydrogens (tertiary/aromatic N) is 1. The molecule has 0 atom stereocenters. The summed E-state index contributed by atoms with van der Waals surface area (Å²) in [5.41, 5.74) is 0.281. The Morgan fingerprint density at radius 2 is 2.07 bits per heavy atom. The van der Waals surface area contributed by atoms with Crippen molar-refractivity contribution < 1.29 is 13.2 Å². The largest absolute Gasteiger partial charge is 0.379 e. The van der Waals surface area contributed by atoms with Gasteiger partial charge in [-0.05, 0) is 18.2 Å². The Bertz CT molecular complexity index is 358. The summed E-state index contributed by atoms with van der Waals surface area (Å²) in [6, 6.07) is 5.13. The fourth-order valence-electron chi connectivity index (χ4n) is 0.951. The van der Waals surface area contributed by atoms with E-state index in [1.54, 1.807) is 6.07 Å². The van der Waals surface area contributed by atoms with Crippen LogP contribution in [-0.4, -0.2) is 13.0 Å². The zero-order valence-electron chi connectivity index (χ0n) is 7.10. The molecule has 0 bridgehead atoms. The van der Waals surface area contributed by atoms with Gasteiger partial charge in [0.15, 0.2) is 0 Å². The summed E-state index contributed by atoms with van der Waals surface area (Å²) in [5.74, 6) is -0.624. The van der Waals surface area contributed by atoms with Gasteiger partial charge in [0.1, 0.15) is 5.82 Å². The number of nitriles is 1. The standard InChI is InChI=1S/C9H7F3N2/c10-7-1-6(4-13)2-8(3-7)14-5-9(11)12/h1-3,9,14H,5H2. The van der Waals surface area contributed by atoms with E-state index >= 15 is 0 Å². The summed E-state index contributed by atoms with van der Waals surface area (Å²) in [4.78, 5) is 0. The zero-order chi connectivity index (χ0) is 10.6. The SMILES string of the molecule is N#Cc1cc(F)cc(NCC(F)F)c1. The number of benzene rings is 1. The summed E-state index contributed by atoms with van der Waals surface area (Å²) in [6.07, 6.45) is -2.51. The Kier molecular flexibility index (Phi) is 3.35. The highest BCUT2D eigenvalue weighted by Crippen LogP contribution is 2.13.